The van der Waals surface area contributed by atoms with Gasteiger partial charge in [0.15, 0.2) is 0 Å². The lowest BCUT2D eigenvalue weighted by molar-refractivity contribution is 0.0500. The molecule has 1 amide bonds. The van der Waals surface area contributed by atoms with E-state index < -0.39 is 11.7 Å². The van der Waals surface area contributed by atoms with Crippen molar-refractivity contribution in [1.29, 1.82) is 0 Å². The maximum atomic E-state index is 11.2. The Balaban J connectivity index is 3.70. The lowest BCUT2D eigenvalue weighted by Gasteiger charge is -2.20. The van der Waals surface area contributed by atoms with Crippen LogP contribution in [0.3, 0.4) is 0 Å². The Labute approximate surface area is 92.0 Å². The van der Waals surface area contributed by atoms with Crippen LogP contribution in [-0.2, 0) is 4.74 Å². The normalized spacial score (nSPS) is 11.3. The first kappa shape index (κ1) is 14.0. The van der Waals surface area contributed by atoms with Crippen LogP contribution in [-0.4, -0.2) is 18.2 Å². The summed E-state index contributed by atoms with van der Waals surface area (Å²) in [6, 6.07) is 0. The predicted octanol–water partition coefficient (Wildman–Crippen LogP) is 2.23. The lowest BCUT2D eigenvalue weighted by atomic mass is 10.1. The molecule has 4 heteroatoms. The van der Waals surface area contributed by atoms with Crippen LogP contribution in [0.25, 0.3) is 0 Å². The summed E-state index contributed by atoms with van der Waals surface area (Å²) in [6.07, 6.45) is -0.473. The quantitative estimate of drug-likeness (QED) is 0.557. The minimum absolute atomic E-state index is 0.401. The number of amides is 1. The van der Waals surface area contributed by atoms with Crippen molar-refractivity contribution in [3.05, 3.63) is 12.2 Å². The minimum Gasteiger partial charge on any atom is -0.443 e. The van der Waals surface area contributed by atoms with Crippen LogP contribution in [0.4, 0.5) is 4.79 Å². The standard InChI is InChI=1S/C11H22N2O2/c1-8(2)9(3)7-12-13-10(14)15-11(4,5)6/h8,12H,3,7H2,1-2,4-6H3,(H,13,14). The van der Waals surface area contributed by atoms with Gasteiger partial charge in [0.1, 0.15) is 5.60 Å². The first-order valence-corrected chi connectivity index (χ1v) is 5.12. The average molecular weight is 214 g/mol. The second-order valence-electron chi connectivity index (χ2n) is 4.79. The maximum Gasteiger partial charge on any atom is 0.422 e. The van der Waals surface area contributed by atoms with Crippen LogP contribution in [0.2, 0.25) is 0 Å². The van der Waals surface area contributed by atoms with Crippen molar-refractivity contribution in [2.75, 3.05) is 6.54 Å². The first-order valence-electron chi connectivity index (χ1n) is 5.12. The molecule has 0 bridgehead atoms. The molecular formula is C11H22N2O2. The van der Waals surface area contributed by atoms with E-state index in [1.165, 1.54) is 0 Å². The highest BCUT2D eigenvalue weighted by Crippen LogP contribution is 2.06. The van der Waals surface area contributed by atoms with Gasteiger partial charge >= 0.3 is 6.09 Å². The fourth-order valence-corrected chi connectivity index (χ4v) is 0.738. The van der Waals surface area contributed by atoms with Gasteiger partial charge in [-0.25, -0.2) is 10.2 Å². The molecule has 0 spiro atoms. The summed E-state index contributed by atoms with van der Waals surface area (Å²) in [4.78, 5) is 11.2. The van der Waals surface area contributed by atoms with Crippen LogP contribution in [0.15, 0.2) is 12.2 Å². The van der Waals surface area contributed by atoms with Crippen molar-refractivity contribution < 1.29 is 9.53 Å². The number of hydrogen-bond acceptors (Lipinski definition) is 3. The maximum absolute atomic E-state index is 11.2. The fraction of sp³-hybridized carbons (Fsp3) is 0.727. The molecule has 88 valence electrons. The predicted molar refractivity (Wildman–Crippen MR) is 61.4 cm³/mol. The average Bonchev–Trinajstić information content (AvgIpc) is 2.00. The Kier molecular flexibility index (Phi) is 5.36. The van der Waals surface area contributed by atoms with E-state index in [1.807, 2.05) is 20.8 Å². The first-order chi connectivity index (χ1) is 6.72. The summed E-state index contributed by atoms with van der Waals surface area (Å²) in [5.74, 6) is 0.401. The summed E-state index contributed by atoms with van der Waals surface area (Å²) in [5, 5.41) is 0. The number of nitrogens with one attached hydrogen (secondary N) is 2. The number of carbonyl (C=O) groups excluding carboxylic acids is 1. The number of hydrogen-bond donors (Lipinski definition) is 2. The Morgan fingerprint density at radius 3 is 2.33 bits per heavy atom. The third-order valence-electron chi connectivity index (χ3n) is 1.72. The molecule has 15 heavy (non-hydrogen) atoms. The third-order valence-corrected chi connectivity index (χ3v) is 1.72. The van der Waals surface area contributed by atoms with Crippen molar-refractivity contribution in [1.82, 2.24) is 10.9 Å². The SMILES string of the molecule is C=C(CNNC(=O)OC(C)(C)C)C(C)C. The monoisotopic (exact) mass is 214 g/mol. The molecule has 0 saturated heterocycles. The van der Waals surface area contributed by atoms with Crippen molar-refractivity contribution >= 4 is 6.09 Å². The van der Waals surface area contributed by atoms with E-state index in [4.69, 9.17) is 4.74 Å². The third kappa shape index (κ3) is 8.00. The summed E-state index contributed by atoms with van der Waals surface area (Å²) in [7, 11) is 0. The lowest BCUT2D eigenvalue weighted by Crippen LogP contribution is -2.42. The molecule has 0 aliphatic carbocycles. The van der Waals surface area contributed by atoms with Gasteiger partial charge < -0.3 is 4.74 Å². The Morgan fingerprint density at radius 1 is 1.40 bits per heavy atom. The van der Waals surface area contributed by atoms with E-state index in [-0.39, 0.29) is 0 Å². The van der Waals surface area contributed by atoms with Crippen molar-refractivity contribution in [2.24, 2.45) is 5.92 Å². The van der Waals surface area contributed by atoms with Crippen LogP contribution in [0, 0.1) is 5.92 Å². The zero-order valence-electron chi connectivity index (χ0n) is 10.3. The Bertz CT molecular complexity index is 229. The molecule has 0 aliphatic heterocycles. The molecule has 0 fully saturated rings. The Hall–Kier alpha value is -1.03. The van der Waals surface area contributed by atoms with E-state index in [1.54, 1.807) is 0 Å². The fourth-order valence-electron chi connectivity index (χ4n) is 0.738. The van der Waals surface area contributed by atoms with E-state index in [0.29, 0.717) is 12.5 Å². The summed E-state index contributed by atoms with van der Waals surface area (Å²) in [6.45, 7) is 14.0. The molecule has 0 heterocycles. The zero-order valence-corrected chi connectivity index (χ0v) is 10.3. The molecule has 0 rings (SSSR count). The molecule has 0 aromatic carbocycles. The summed E-state index contributed by atoms with van der Waals surface area (Å²) < 4.78 is 5.04. The molecule has 0 aliphatic rings. The van der Waals surface area contributed by atoms with Gasteiger partial charge in [0, 0.05) is 6.54 Å². The van der Waals surface area contributed by atoms with Gasteiger partial charge in [0.25, 0.3) is 0 Å². The van der Waals surface area contributed by atoms with Crippen LogP contribution in [0.1, 0.15) is 34.6 Å². The summed E-state index contributed by atoms with van der Waals surface area (Å²) in [5.41, 5.74) is 5.78. The van der Waals surface area contributed by atoms with Gasteiger partial charge in [-0.15, -0.1) is 0 Å². The highest BCUT2D eigenvalue weighted by atomic mass is 16.6. The van der Waals surface area contributed by atoms with E-state index >= 15 is 0 Å². The van der Waals surface area contributed by atoms with Crippen molar-refractivity contribution in [3.63, 3.8) is 0 Å². The molecular weight excluding hydrogens is 192 g/mol. The van der Waals surface area contributed by atoms with Crippen LogP contribution < -0.4 is 10.9 Å². The second kappa shape index (κ2) is 5.75. The van der Waals surface area contributed by atoms with Crippen LogP contribution >= 0.6 is 0 Å². The molecule has 0 atom stereocenters. The van der Waals surface area contributed by atoms with E-state index in [2.05, 4.69) is 31.3 Å². The van der Waals surface area contributed by atoms with E-state index in [9.17, 15) is 4.79 Å². The number of carbonyl (C=O) groups is 1. The largest absolute Gasteiger partial charge is 0.443 e. The van der Waals surface area contributed by atoms with Gasteiger partial charge in [-0.3, -0.25) is 5.43 Å². The van der Waals surface area contributed by atoms with Gasteiger partial charge in [-0.05, 0) is 26.7 Å². The van der Waals surface area contributed by atoms with Crippen LogP contribution in [0.5, 0.6) is 0 Å². The van der Waals surface area contributed by atoms with Gasteiger partial charge in [-0.1, -0.05) is 26.0 Å². The molecule has 2 N–H and O–H groups in total. The highest BCUT2D eigenvalue weighted by Gasteiger charge is 2.15. The number of hydrazine groups is 1. The van der Waals surface area contributed by atoms with Crippen molar-refractivity contribution in [3.8, 4) is 0 Å². The minimum atomic E-state index is -0.473. The molecule has 0 aromatic rings. The van der Waals surface area contributed by atoms with E-state index in [0.717, 1.165) is 5.57 Å². The second-order valence-corrected chi connectivity index (χ2v) is 4.79. The molecule has 4 nitrogen and oxygen atoms in total. The molecule has 0 saturated carbocycles. The Morgan fingerprint density at radius 2 is 1.93 bits per heavy atom. The van der Waals surface area contributed by atoms with Crippen molar-refractivity contribution in [2.45, 2.75) is 40.2 Å². The van der Waals surface area contributed by atoms with Gasteiger partial charge in [-0.2, -0.15) is 0 Å². The smallest absolute Gasteiger partial charge is 0.422 e. The van der Waals surface area contributed by atoms with Gasteiger partial charge in [0.05, 0.1) is 0 Å². The van der Waals surface area contributed by atoms with Gasteiger partial charge in [0.2, 0.25) is 0 Å². The highest BCUT2D eigenvalue weighted by molar-refractivity contribution is 5.67. The molecule has 0 radical (unpaired) electrons. The molecule has 0 aromatic heterocycles. The summed E-state index contributed by atoms with van der Waals surface area (Å²) >= 11 is 0. The number of rotatable bonds is 4. The number of ether oxygens (including phenoxy) is 1. The molecule has 0 unspecified atom stereocenters. The zero-order chi connectivity index (χ0) is 12.1. The topological polar surface area (TPSA) is 50.4 Å².